The van der Waals surface area contributed by atoms with E-state index in [9.17, 15) is 4.79 Å². The lowest BCUT2D eigenvalue weighted by Gasteiger charge is -2.25. The zero-order chi connectivity index (χ0) is 13.2. The number of thiazole rings is 1. The molecule has 2 heterocycles. The molecule has 1 atom stereocenters. The number of hydrogen-bond acceptors (Lipinski definition) is 4. The highest BCUT2D eigenvalue weighted by Crippen LogP contribution is 2.31. The number of aromatic nitrogens is 1. The van der Waals surface area contributed by atoms with E-state index in [0.717, 1.165) is 36.1 Å². The number of amides is 1. The van der Waals surface area contributed by atoms with Gasteiger partial charge in [0.25, 0.3) is 5.91 Å². The van der Waals surface area contributed by atoms with Crippen LogP contribution in [0.5, 0.6) is 0 Å². The second kappa shape index (κ2) is 5.59. The van der Waals surface area contributed by atoms with E-state index in [-0.39, 0.29) is 5.91 Å². The van der Waals surface area contributed by atoms with Gasteiger partial charge in [-0.1, -0.05) is 0 Å². The third-order valence-corrected chi connectivity index (χ3v) is 4.92. The molecule has 1 saturated carbocycles. The van der Waals surface area contributed by atoms with E-state index in [2.05, 4.69) is 15.2 Å². The van der Waals surface area contributed by atoms with Crippen LogP contribution in [0.4, 0.5) is 0 Å². The van der Waals surface area contributed by atoms with Crippen LogP contribution in [0.1, 0.15) is 41.0 Å². The van der Waals surface area contributed by atoms with E-state index in [1.54, 1.807) is 5.51 Å². The van der Waals surface area contributed by atoms with Gasteiger partial charge in [0.15, 0.2) is 0 Å². The molecule has 1 unspecified atom stereocenters. The molecule has 1 amide bonds. The number of rotatable bonds is 5. The predicted octanol–water partition coefficient (Wildman–Crippen LogP) is 2.06. The van der Waals surface area contributed by atoms with Crippen molar-refractivity contribution in [2.75, 3.05) is 19.6 Å². The zero-order valence-electron chi connectivity index (χ0n) is 11.4. The minimum absolute atomic E-state index is 0.181. The molecule has 1 N–H and O–H groups in total. The Hall–Kier alpha value is -0.940. The van der Waals surface area contributed by atoms with E-state index in [0.29, 0.717) is 6.04 Å². The average Bonchev–Trinajstić information content (AvgIpc) is 2.88. The second-order valence-corrected chi connectivity index (χ2v) is 6.57. The van der Waals surface area contributed by atoms with Crippen molar-refractivity contribution in [1.29, 1.82) is 0 Å². The lowest BCUT2D eigenvalue weighted by atomic mass is 10.2. The quantitative estimate of drug-likeness (QED) is 0.897. The van der Waals surface area contributed by atoms with Crippen LogP contribution in [0.15, 0.2) is 5.51 Å². The third-order valence-electron chi connectivity index (χ3n) is 4.01. The summed E-state index contributed by atoms with van der Waals surface area (Å²) >= 11 is 1.47. The monoisotopic (exact) mass is 279 g/mol. The minimum atomic E-state index is 0.181. The summed E-state index contributed by atoms with van der Waals surface area (Å²) in [5.41, 5.74) is 2.64. The maximum Gasteiger partial charge on any atom is 0.265 e. The molecule has 1 aromatic heterocycles. The van der Waals surface area contributed by atoms with Gasteiger partial charge >= 0.3 is 0 Å². The summed E-state index contributed by atoms with van der Waals surface area (Å²) in [5, 5.41) is 3.49. The van der Waals surface area contributed by atoms with Gasteiger partial charge in [-0.3, -0.25) is 4.79 Å². The molecule has 3 rings (SSSR count). The first-order valence-electron chi connectivity index (χ1n) is 7.17. The van der Waals surface area contributed by atoms with Crippen molar-refractivity contribution in [3.05, 3.63) is 16.1 Å². The number of aryl methyl sites for hydroxylation is 1. The van der Waals surface area contributed by atoms with Crippen LogP contribution < -0.4 is 5.32 Å². The second-order valence-electron chi connectivity index (χ2n) is 5.71. The Balaban J connectivity index is 1.69. The Morgan fingerprint density at radius 2 is 2.32 bits per heavy atom. The summed E-state index contributed by atoms with van der Waals surface area (Å²) in [4.78, 5) is 19.7. The molecular weight excluding hydrogens is 258 g/mol. The van der Waals surface area contributed by atoms with E-state index < -0.39 is 0 Å². The van der Waals surface area contributed by atoms with Crippen LogP contribution in [0.2, 0.25) is 0 Å². The van der Waals surface area contributed by atoms with Gasteiger partial charge in [-0.15, -0.1) is 11.3 Å². The molecule has 1 aliphatic carbocycles. The summed E-state index contributed by atoms with van der Waals surface area (Å²) in [7, 11) is 0. The number of carbonyl (C=O) groups is 1. The summed E-state index contributed by atoms with van der Waals surface area (Å²) in [5.74, 6) is 0.916. The maximum absolute atomic E-state index is 12.6. The van der Waals surface area contributed by atoms with Gasteiger partial charge in [0, 0.05) is 19.1 Å². The third kappa shape index (κ3) is 3.15. The van der Waals surface area contributed by atoms with Gasteiger partial charge in [0.1, 0.15) is 4.88 Å². The number of carbonyl (C=O) groups excluding carboxylic acids is 1. The number of nitrogens with zero attached hydrogens (tertiary/aromatic N) is 2. The molecule has 4 nitrogen and oxygen atoms in total. The minimum Gasteiger partial charge on any atom is -0.336 e. The predicted molar refractivity (Wildman–Crippen MR) is 76.5 cm³/mol. The van der Waals surface area contributed by atoms with E-state index in [1.807, 2.05) is 6.92 Å². The van der Waals surface area contributed by atoms with Crippen LogP contribution in [-0.2, 0) is 0 Å². The SMILES string of the molecule is Cc1ncsc1C(=O)N(CC1CC1)CC1CCCN1. The molecule has 1 aliphatic heterocycles. The van der Waals surface area contributed by atoms with Crippen LogP contribution in [0, 0.1) is 12.8 Å². The Labute approximate surface area is 118 Å². The molecule has 0 spiro atoms. The summed E-state index contributed by atoms with van der Waals surface area (Å²) in [6, 6.07) is 0.482. The van der Waals surface area contributed by atoms with Crippen molar-refractivity contribution in [2.24, 2.45) is 5.92 Å². The van der Waals surface area contributed by atoms with Crippen LogP contribution in [0.25, 0.3) is 0 Å². The van der Waals surface area contributed by atoms with Gasteiger partial charge in [-0.25, -0.2) is 4.98 Å². The lowest BCUT2D eigenvalue weighted by Crippen LogP contribution is -2.42. The molecule has 2 aliphatic rings. The highest BCUT2D eigenvalue weighted by molar-refractivity contribution is 7.11. The highest BCUT2D eigenvalue weighted by Gasteiger charge is 2.30. The molecule has 2 fully saturated rings. The largest absolute Gasteiger partial charge is 0.336 e. The van der Waals surface area contributed by atoms with Crippen molar-refractivity contribution >= 4 is 17.2 Å². The van der Waals surface area contributed by atoms with Gasteiger partial charge in [-0.05, 0) is 45.1 Å². The van der Waals surface area contributed by atoms with E-state index in [4.69, 9.17) is 0 Å². The number of hydrogen-bond donors (Lipinski definition) is 1. The molecule has 0 aromatic carbocycles. The highest BCUT2D eigenvalue weighted by atomic mass is 32.1. The van der Waals surface area contributed by atoms with Gasteiger partial charge < -0.3 is 10.2 Å². The molecule has 1 aromatic rings. The molecule has 5 heteroatoms. The molecule has 19 heavy (non-hydrogen) atoms. The summed E-state index contributed by atoms with van der Waals surface area (Å²) < 4.78 is 0. The Bertz CT molecular complexity index is 449. The summed E-state index contributed by atoms with van der Waals surface area (Å²) in [6.07, 6.45) is 4.99. The van der Waals surface area contributed by atoms with Crippen molar-refractivity contribution in [3.63, 3.8) is 0 Å². The Morgan fingerprint density at radius 1 is 1.47 bits per heavy atom. The normalized spacial score (nSPS) is 22.7. The van der Waals surface area contributed by atoms with Gasteiger partial charge in [0.2, 0.25) is 0 Å². The Kier molecular flexibility index (Phi) is 3.84. The van der Waals surface area contributed by atoms with Crippen LogP contribution in [-0.4, -0.2) is 41.5 Å². The van der Waals surface area contributed by atoms with E-state index in [1.165, 1.54) is 37.0 Å². The molecular formula is C14H21N3OS. The smallest absolute Gasteiger partial charge is 0.265 e. The molecule has 104 valence electrons. The molecule has 1 saturated heterocycles. The van der Waals surface area contributed by atoms with Crippen LogP contribution in [0.3, 0.4) is 0 Å². The number of nitrogens with one attached hydrogen (secondary N) is 1. The van der Waals surface area contributed by atoms with Gasteiger partial charge in [0.05, 0.1) is 11.2 Å². The first kappa shape index (κ1) is 13.1. The molecule has 0 radical (unpaired) electrons. The Morgan fingerprint density at radius 3 is 2.89 bits per heavy atom. The lowest BCUT2D eigenvalue weighted by molar-refractivity contribution is 0.0737. The fourth-order valence-corrected chi connectivity index (χ4v) is 3.45. The molecule has 0 bridgehead atoms. The van der Waals surface area contributed by atoms with Crippen molar-refractivity contribution in [2.45, 2.75) is 38.6 Å². The van der Waals surface area contributed by atoms with Crippen LogP contribution >= 0.6 is 11.3 Å². The topological polar surface area (TPSA) is 45.2 Å². The summed E-state index contributed by atoms with van der Waals surface area (Å²) in [6.45, 7) is 4.80. The van der Waals surface area contributed by atoms with Crippen molar-refractivity contribution in [1.82, 2.24) is 15.2 Å². The standard InChI is InChI=1S/C14H21N3OS/c1-10-13(19-9-16-10)14(18)17(7-11-4-5-11)8-12-3-2-6-15-12/h9,11-12,15H,2-8H2,1H3. The first-order valence-corrected chi connectivity index (χ1v) is 8.04. The fraction of sp³-hybridized carbons (Fsp3) is 0.714. The van der Waals surface area contributed by atoms with Crippen molar-refractivity contribution in [3.8, 4) is 0 Å². The average molecular weight is 279 g/mol. The zero-order valence-corrected chi connectivity index (χ0v) is 12.2. The maximum atomic E-state index is 12.6. The van der Waals surface area contributed by atoms with Gasteiger partial charge in [-0.2, -0.15) is 0 Å². The van der Waals surface area contributed by atoms with E-state index >= 15 is 0 Å². The van der Waals surface area contributed by atoms with Crippen molar-refractivity contribution < 1.29 is 4.79 Å². The first-order chi connectivity index (χ1) is 9.24. The fourth-order valence-electron chi connectivity index (χ4n) is 2.68.